The Morgan fingerprint density at radius 1 is 1.47 bits per heavy atom. The molecule has 0 amide bonds. The second-order valence-electron chi connectivity index (χ2n) is 6.33. The molecule has 1 saturated heterocycles. The van der Waals surface area contributed by atoms with E-state index < -0.39 is 0 Å². The summed E-state index contributed by atoms with van der Waals surface area (Å²) in [7, 11) is 2.17. The Morgan fingerprint density at radius 3 is 2.79 bits per heavy atom. The Balaban J connectivity index is 1.95. The van der Waals surface area contributed by atoms with Crippen LogP contribution in [0.25, 0.3) is 0 Å². The van der Waals surface area contributed by atoms with Crippen LogP contribution in [0.2, 0.25) is 0 Å². The number of nitrogens with two attached hydrogens (primary N) is 1. The fraction of sp³-hybridized carbons (Fsp3) is 0.600. The lowest BCUT2D eigenvalue weighted by atomic mass is 9.78. The van der Waals surface area contributed by atoms with Crippen molar-refractivity contribution in [2.24, 2.45) is 11.3 Å². The van der Waals surface area contributed by atoms with Crippen LogP contribution in [0.1, 0.15) is 20.3 Å². The van der Waals surface area contributed by atoms with E-state index in [9.17, 15) is 4.39 Å². The van der Waals surface area contributed by atoms with Gasteiger partial charge in [-0.05, 0) is 49.5 Å². The smallest absolute Gasteiger partial charge is 0.148 e. The number of halogens is 1. The summed E-state index contributed by atoms with van der Waals surface area (Å²) in [5, 5.41) is 3.33. The predicted octanol–water partition coefficient (Wildman–Crippen LogP) is 2.80. The van der Waals surface area contributed by atoms with E-state index in [-0.39, 0.29) is 16.9 Å². The van der Waals surface area contributed by atoms with Crippen molar-refractivity contribution in [1.29, 1.82) is 0 Å². The molecule has 0 radical (unpaired) electrons. The molecule has 1 unspecified atom stereocenters. The zero-order chi connectivity index (χ0) is 14.0. The third-order valence-electron chi connectivity index (χ3n) is 4.25. The molecule has 0 bridgehead atoms. The number of hydrogen-bond acceptors (Lipinski definition) is 3. The van der Waals surface area contributed by atoms with Crippen molar-refractivity contribution in [1.82, 2.24) is 4.90 Å². The number of nitrogens with zero attached hydrogens (tertiary/aromatic N) is 1. The standard InChI is InChI=1S/C15H24FN3/c1-15(2,11-6-7-19(3)9-11)10-18-12-4-5-14(17)13(16)8-12/h4-5,8,11,18H,6-7,9-10,17H2,1-3H3. The molecule has 0 saturated carbocycles. The van der Waals surface area contributed by atoms with Gasteiger partial charge in [-0.1, -0.05) is 13.8 Å². The fourth-order valence-electron chi connectivity index (χ4n) is 2.68. The molecule has 1 heterocycles. The number of rotatable bonds is 4. The first kappa shape index (κ1) is 14.1. The van der Waals surface area contributed by atoms with Gasteiger partial charge in [0.05, 0.1) is 5.69 Å². The van der Waals surface area contributed by atoms with Crippen molar-refractivity contribution in [2.45, 2.75) is 20.3 Å². The predicted molar refractivity (Wildman–Crippen MR) is 78.7 cm³/mol. The molecule has 4 heteroatoms. The highest BCUT2D eigenvalue weighted by molar-refractivity contribution is 5.52. The molecule has 0 aliphatic carbocycles. The van der Waals surface area contributed by atoms with Crippen molar-refractivity contribution in [3.8, 4) is 0 Å². The summed E-state index contributed by atoms with van der Waals surface area (Å²) in [5.74, 6) is 0.326. The van der Waals surface area contributed by atoms with Gasteiger partial charge in [0.25, 0.3) is 0 Å². The molecule has 0 spiro atoms. The summed E-state index contributed by atoms with van der Waals surface area (Å²) in [5.41, 5.74) is 6.67. The van der Waals surface area contributed by atoms with Crippen LogP contribution in [-0.4, -0.2) is 31.6 Å². The molecule has 1 aliphatic heterocycles. The van der Waals surface area contributed by atoms with E-state index in [1.54, 1.807) is 6.07 Å². The van der Waals surface area contributed by atoms with Gasteiger partial charge in [-0.2, -0.15) is 0 Å². The van der Waals surface area contributed by atoms with E-state index in [1.807, 2.05) is 6.07 Å². The Hall–Kier alpha value is -1.29. The van der Waals surface area contributed by atoms with Crippen LogP contribution in [-0.2, 0) is 0 Å². The van der Waals surface area contributed by atoms with Gasteiger partial charge < -0.3 is 16.0 Å². The molecule has 19 heavy (non-hydrogen) atoms. The van der Waals surface area contributed by atoms with E-state index in [1.165, 1.54) is 19.0 Å². The molecule has 3 N–H and O–H groups in total. The maximum absolute atomic E-state index is 13.4. The monoisotopic (exact) mass is 265 g/mol. The number of nitrogens with one attached hydrogen (secondary N) is 1. The molecule has 2 rings (SSSR count). The van der Waals surface area contributed by atoms with Gasteiger partial charge in [0, 0.05) is 18.8 Å². The molecule has 3 nitrogen and oxygen atoms in total. The van der Waals surface area contributed by atoms with E-state index >= 15 is 0 Å². The zero-order valence-corrected chi connectivity index (χ0v) is 12.0. The SMILES string of the molecule is CN1CCC(C(C)(C)CNc2ccc(N)c(F)c2)C1. The first-order chi connectivity index (χ1) is 8.88. The summed E-state index contributed by atoms with van der Waals surface area (Å²) in [6, 6.07) is 4.90. The van der Waals surface area contributed by atoms with Crippen LogP contribution in [0.5, 0.6) is 0 Å². The van der Waals surface area contributed by atoms with Gasteiger partial charge in [-0.25, -0.2) is 4.39 Å². The summed E-state index contributed by atoms with van der Waals surface area (Å²) in [4.78, 5) is 2.37. The lowest BCUT2D eigenvalue weighted by Gasteiger charge is -2.32. The van der Waals surface area contributed by atoms with Gasteiger partial charge in [0.1, 0.15) is 5.82 Å². The molecular weight excluding hydrogens is 241 g/mol. The van der Waals surface area contributed by atoms with Gasteiger partial charge in [0.15, 0.2) is 0 Å². The minimum absolute atomic E-state index is 0.197. The molecular formula is C15H24FN3. The van der Waals surface area contributed by atoms with Crippen molar-refractivity contribution in [2.75, 3.05) is 37.7 Å². The van der Waals surface area contributed by atoms with Crippen molar-refractivity contribution in [3.05, 3.63) is 24.0 Å². The number of benzene rings is 1. The van der Waals surface area contributed by atoms with Gasteiger partial charge in [-0.3, -0.25) is 0 Å². The second kappa shape index (κ2) is 5.37. The topological polar surface area (TPSA) is 41.3 Å². The number of nitrogen functional groups attached to an aromatic ring is 1. The summed E-state index contributed by atoms with van der Waals surface area (Å²) in [6.07, 6.45) is 1.24. The molecule has 1 aromatic carbocycles. The van der Waals surface area contributed by atoms with Crippen LogP contribution in [0.3, 0.4) is 0 Å². The second-order valence-corrected chi connectivity index (χ2v) is 6.33. The van der Waals surface area contributed by atoms with Crippen LogP contribution in [0, 0.1) is 17.2 Å². The van der Waals surface area contributed by atoms with Crippen molar-refractivity contribution >= 4 is 11.4 Å². The van der Waals surface area contributed by atoms with Gasteiger partial charge in [-0.15, -0.1) is 0 Å². The maximum atomic E-state index is 13.4. The molecule has 0 aromatic heterocycles. The third-order valence-corrected chi connectivity index (χ3v) is 4.25. The number of likely N-dealkylation sites (tertiary alicyclic amines) is 1. The zero-order valence-electron chi connectivity index (χ0n) is 12.0. The van der Waals surface area contributed by atoms with Crippen LogP contribution < -0.4 is 11.1 Å². The first-order valence-corrected chi connectivity index (χ1v) is 6.86. The summed E-state index contributed by atoms with van der Waals surface area (Å²) in [6.45, 7) is 7.71. The average Bonchev–Trinajstić information content (AvgIpc) is 2.78. The summed E-state index contributed by atoms with van der Waals surface area (Å²) < 4.78 is 13.4. The number of anilines is 2. The Kier molecular flexibility index (Phi) is 3.99. The Bertz CT molecular complexity index is 445. The average molecular weight is 265 g/mol. The van der Waals surface area contributed by atoms with Crippen LogP contribution in [0.15, 0.2) is 18.2 Å². The maximum Gasteiger partial charge on any atom is 0.148 e. The lowest BCUT2D eigenvalue weighted by Crippen LogP contribution is -2.33. The minimum Gasteiger partial charge on any atom is -0.396 e. The van der Waals surface area contributed by atoms with Gasteiger partial charge >= 0.3 is 0 Å². The highest BCUT2D eigenvalue weighted by Crippen LogP contribution is 2.34. The minimum atomic E-state index is -0.358. The highest BCUT2D eigenvalue weighted by atomic mass is 19.1. The van der Waals surface area contributed by atoms with Crippen LogP contribution in [0.4, 0.5) is 15.8 Å². The molecule has 1 aliphatic rings. The highest BCUT2D eigenvalue weighted by Gasteiger charge is 2.33. The largest absolute Gasteiger partial charge is 0.396 e. The molecule has 106 valence electrons. The van der Waals surface area contributed by atoms with Crippen molar-refractivity contribution in [3.63, 3.8) is 0 Å². The first-order valence-electron chi connectivity index (χ1n) is 6.86. The summed E-state index contributed by atoms with van der Waals surface area (Å²) >= 11 is 0. The quantitative estimate of drug-likeness (QED) is 0.823. The fourth-order valence-corrected chi connectivity index (χ4v) is 2.68. The normalized spacial score (nSPS) is 20.7. The van der Waals surface area contributed by atoms with E-state index in [2.05, 4.69) is 31.1 Å². The third kappa shape index (κ3) is 3.38. The van der Waals surface area contributed by atoms with Crippen molar-refractivity contribution < 1.29 is 4.39 Å². The Labute approximate surface area is 115 Å². The van der Waals surface area contributed by atoms with Crippen LogP contribution >= 0.6 is 0 Å². The van der Waals surface area contributed by atoms with E-state index in [4.69, 9.17) is 5.73 Å². The molecule has 1 fully saturated rings. The Morgan fingerprint density at radius 2 is 2.21 bits per heavy atom. The molecule has 1 atom stereocenters. The molecule has 1 aromatic rings. The lowest BCUT2D eigenvalue weighted by molar-refractivity contribution is 0.231. The number of hydrogen-bond donors (Lipinski definition) is 2. The van der Waals surface area contributed by atoms with E-state index in [0.29, 0.717) is 5.92 Å². The van der Waals surface area contributed by atoms with Gasteiger partial charge in [0.2, 0.25) is 0 Å². The van der Waals surface area contributed by atoms with E-state index in [0.717, 1.165) is 18.8 Å².